The maximum absolute atomic E-state index is 4.68. The molecule has 3 rings (SSSR count). The number of aryl methyl sites for hydroxylation is 1. The van der Waals surface area contributed by atoms with Crippen LogP contribution in [0.1, 0.15) is 24.1 Å². The van der Waals surface area contributed by atoms with Crippen LogP contribution in [-0.2, 0) is 13.0 Å². The fourth-order valence-electron chi connectivity index (χ4n) is 2.52. The van der Waals surface area contributed by atoms with Gasteiger partial charge in [-0.05, 0) is 48.2 Å². The van der Waals surface area contributed by atoms with E-state index < -0.39 is 0 Å². The second-order valence-electron chi connectivity index (χ2n) is 4.65. The molecule has 1 aromatic carbocycles. The lowest BCUT2D eigenvalue weighted by atomic mass is 10.0. The van der Waals surface area contributed by atoms with Crippen LogP contribution >= 0.6 is 15.9 Å². The van der Waals surface area contributed by atoms with E-state index in [1.54, 1.807) is 0 Å². The van der Waals surface area contributed by atoms with Gasteiger partial charge in [-0.2, -0.15) is 0 Å². The fraction of sp³-hybridized carbons (Fsp3) is 0.357. The van der Waals surface area contributed by atoms with Gasteiger partial charge in [0.25, 0.3) is 0 Å². The van der Waals surface area contributed by atoms with Crippen LogP contribution in [0.2, 0.25) is 0 Å². The van der Waals surface area contributed by atoms with Gasteiger partial charge in [0.05, 0.1) is 5.69 Å². The van der Waals surface area contributed by atoms with Crippen LogP contribution in [0.15, 0.2) is 29.0 Å². The smallest absolute Gasteiger partial charge is 0.177 e. The third-order valence-electron chi connectivity index (χ3n) is 3.36. The predicted molar refractivity (Wildman–Crippen MR) is 73.0 cm³/mol. The average Bonchev–Trinajstić information content (AvgIpc) is 2.68. The van der Waals surface area contributed by atoms with Crippen LogP contribution in [-0.4, -0.2) is 9.55 Å². The fourth-order valence-corrected chi connectivity index (χ4v) is 3.09. The molecule has 0 saturated carbocycles. The third kappa shape index (κ3) is 1.93. The van der Waals surface area contributed by atoms with Gasteiger partial charge in [0.1, 0.15) is 0 Å². The van der Waals surface area contributed by atoms with Crippen molar-refractivity contribution in [2.24, 2.45) is 0 Å². The van der Waals surface area contributed by atoms with Crippen LogP contribution < -0.4 is 0 Å². The zero-order chi connectivity index (χ0) is 11.8. The maximum atomic E-state index is 4.68. The first-order valence-corrected chi connectivity index (χ1v) is 6.87. The van der Waals surface area contributed by atoms with Gasteiger partial charge < -0.3 is 4.57 Å². The normalized spacial score (nSPS) is 14.7. The molecule has 0 unspecified atom stereocenters. The van der Waals surface area contributed by atoms with E-state index in [9.17, 15) is 0 Å². The summed E-state index contributed by atoms with van der Waals surface area (Å²) < 4.78 is 3.28. The number of halogens is 1. The zero-order valence-electron chi connectivity index (χ0n) is 9.91. The van der Waals surface area contributed by atoms with Gasteiger partial charge in [0.15, 0.2) is 4.73 Å². The molecule has 0 amide bonds. The quantitative estimate of drug-likeness (QED) is 0.777. The predicted octanol–water partition coefficient (Wildman–Crippen LogP) is 3.96. The van der Waals surface area contributed by atoms with E-state index in [0.29, 0.717) is 0 Å². The number of aromatic nitrogens is 2. The largest absolute Gasteiger partial charge is 0.322 e. The van der Waals surface area contributed by atoms with E-state index in [0.717, 1.165) is 23.4 Å². The lowest BCUT2D eigenvalue weighted by molar-refractivity contribution is 0.525. The Balaban J connectivity index is 2.15. The van der Waals surface area contributed by atoms with E-state index in [-0.39, 0.29) is 0 Å². The molecule has 88 valence electrons. The molecule has 1 aliphatic heterocycles. The number of nitrogens with zero attached hydrogens (tertiary/aromatic N) is 2. The summed E-state index contributed by atoms with van der Waals surface area (Å²) in [6, 6.07) is 8.59. The molecule has 1 aromatic heterocycles. The highest BCUT2D eigenvalue weighted by atomic mass is 79.9. The summed E-state index contributed by atoms with van der Waals surface area (Å²) in [6.45, 7) is 3.22. The summed E-state index contributed by atoms with van der Waals surface area (Å²) in [6.07, 6.45) is 3.67. The Bertz CT molecular complexity index is 557. The van der Waals surface area contributed by atoms with E-state index in [2.05, 4.69) is 56.7 Å². The van der Waals surface area contributed by atoms with E-state index in [1.165, 1.54) is 29.7 Å². The van der Waals surface area contributed by atoms with Crippen molar-refractivity contribution < 1.29 is 0 Å². The molecule has 0 atom stereocenters. The van der Waals surface area contributed by atoms with Gasteiger partial charge in [-0.3, -0.25) is 0 Å². The van der Waals surface area contributed by atoms with Crippen molar-refractivity contribution in [2.75, 3.05) is 0 Å². The average molecular weight is 291 g/mol. The van der Waals surface area contributed by atoms with Crippen molar-refractivity contribution in [1.82, 2.24) is 9.55 Å². The van der Waals surface area contributed by atoms with Gasteiger partial charge in [-0.1, -0.05) is 23.8 Å². The molecule has 3 heteroatoms. The van der Waals surface area contributed by atoms with Crippen molar-refractivity contribution in [2.45, 2.75) is 32.7 Å². The molecule has 0 N–H and O–H groups in total. The van der Waals surface area contributed by atoms with Crippen molar-refractivity contribution in [3.8, 4) is 11.3 Å². The minimum Gasteiger partial charge on any atom is -0.322 e. The molecular formula is C14H15BrN2. The van der Waals surface area contributed by atoms with E-state index in [1.807, 2.05) is 0 Å². The van der Waals surface area contributed by atoms with Crippen molar-refractivity contribution in [3.05, 3.63) is 40.3 Å². The lowest BCUT2D eigenvalue weighted by Gasteiger charge is -2.16. The molecular weight excluding hydrogens is 276 g/mol. The number of imidazole rings is 1. The first-order valence-electron chi connectivity index (χ1n) is 6.07. The topological polar surface area (TPSA) is 17.8 Å². The number of rotatable bonds is 1. The number of hydrogen-bond donors (Lipinski definition) is 0. The molecule has 0 spiro atoms. The van der Waals surface area contributed by atoms with Crippen LogP contribution in [0.4, 0.5) is 0 Å². The SMILES string of the molecule is Cc1cccc(-c2nc(Br)n3c2CCCC3)c1. The minimum absolute atomic E-state index is 0.976. The first kappa shape index (κ1) is 11.0. The number of fused-ring (bicyclic) bond motifs is 1. The highest BCUT2D eigenvalue weighted by Gasteiger charge is 2.19. The summed E-state index contributed by atoms with van der Waals surface area (Å²) in [7, 11) is 0. The zero-order valence-corrected chi connectivity index (χ0v) is 11.5. The van der Waals surface area contributed by atoms with Crippen LogP contribution in [0, 0.1) is 6.92 Å². The lowest BCUT2D eigenvalue weighted by Crippen LogP contribution is -2.10. The molecule has 2 heterocycles. The van der Waals surface area contributed by atoms with Gasteiger partial charge >= 0.3 is 0 Å². The van der Waals surface area contributed by atoms with E-state index in [4.69, 9.17) is 0 Å². The van der Waals surface area contributed by atoms with Gasteiger partial charge in [0.2, 0.25) is 0 Å². The van der Waals surface area contributed by atoms with Gasteiger partial charge in [-0.15, -0.1) is 0 Å². The van der Waals surface area contributed by atoms with Crippen LogP contribution in [0.3, 0.4) is 0 Å². The Morgan fingerprint density at radius 1 is 1.29 bits per heavy atom. The molecule has 0 radical (unpaired) electrons. The Morgan fingerprint density at radius 3 is 3.00 bits per heavy atom. The Kier molecular flexibility index (Phi) is 2.79. The summed E-state index contributed by atoms with van der Waals surface area (Å²) in [5.41, 5.74) is 5.06. The highest BCUT2D eigenvalue weighted by Crippen LogP contribution is 2.31. The number of benzene rings is 1. The molecule has 2 nitrogen and oxygen atoms in total. The molecule has 0 aliphatic carbocycles. The van der Waals surface area contributed by atoms with Crippen molar-refractivity contribution in [1.29, 1.82) is 0 Å². The molecule has 17 heavy (non-hydrogen) atoms. The van der Waals surface area contributed by atoms with Crippen molar-refractivity contribution in [3.63, 3.8) is 0 Å². The Morgan fingerprint density at radius 2 is 2.18 bits per heavy atom. The molecule has 0 fully saturated rings. The first-order chi connectivity index (χ1) is 8.25. The Hall–Kier alpha value is -1.09. The van der Waals surface area contributed by atoms with E-state index >= 15 is 0 Å². The molecule has 2 aromatic rings. The second-order valence-corrected chi connectivity index (χ2v) is 5.36. The summed E-state index contributed by atoms with van der Waals surface area (Å²) in [5.74, 6) is 0. The maximum Gasteiger partial charge on any atom is 0.177 e. The van der Waals surface area contributed by atoms with Gasteiger partial charge in [0, 0.05) is 17.8 Å². The number of hydrogen-bond acceptors (Lipinski definition) is 1. The molecule has 0 bridgehead atoms. The third-order valence-corrected chi connectivity index (χ3v) is 3.97. The molecule has 0 saturated heterocycles. The van der Waals surface area contributed by atoms with Gasteiger partial charge in [-0.25, -0.2) is 4.98 Å². The monoisotopic (exact) mass is 290 g/mol. The summed E-state index contributed by atoms with van der Waals surface area (Å²) >= 11 is 3.57. The highest BCUT2D eigenvalue weighted by molar-refractivity contribution is 9.10. The Labute approximate surface area is 110 Å². The van der Waals surface area contributed by atoms with Crippen molar-refractivity contribution >= 4 is 15.9 Å². The minimum atomic E-state index is 0.976. The standard InChI is InChI=1S/C14H15BrN2/c1-10-5-4-6-11(9-10)13-12-7-2-3-8-17(12)14(15)16-13/h4-6,9H,2-3,7-8H2,1H3. The van der Waals surface area contributed by atoms with Crippen LogP contribution in [0.25, 0.3) is 11.3 Å². The van der Waals surface area contributed by atoms with Crippen LogP contribution in [0.5, 0.6) is 0 Å². The summed E-state index contributed by atoms with van der Waals surface area (Å²) in [5, 5.41) is 0. The second kappa shape index (κ2) is 4.30. The molecule has 1 aliphatic rings. The summed E-state index contributed by atoms with van der Waals surface area (Å²) in [4.78, 5) is 4.68.